The summed E-state index contributed by atoms with van der Waals surface area (Å²) in [6, 6.07) is 8.75. The molecule has 1 aliphatic rings. The fraction of sp³-hybridized carbons (Fsp3) is 0.263. The van der Waals surface area contributed by atoms with Crippen LogP contribution in [0.25, 0.3) is 0 Å². The molecule has 1 aromatic carbocycles. The highest BCUT2D eigenvalue weighted by Crippen LogP contribution is 2.34. The normalized spacial score (nSPS) is 15.3. The minimum absolute atomic E-state index is 0.0582. The van der Waals surface area contributed by atoms with Crippen LogP contribution >= 0.6 is 0 Å². The van der Waals surface area contributed by atoms with E-state index in [1.165, 1.54) is 31.2 Å². The zero-order chi connectivity index (χ0) is 21.1. The Hall–Kier alpha value is -3.82. The monoisotopic (exact) mass is 398 g/mol. The van der Waals surface area contributed by atoms with Crippen molar-refractivity contribution in [3.63, 3.8) is 0 Å². The Morgan fingerprint density at radius 3 is 2.52 bits per heavy atom. The minimum atomic E-state index is -0.805. The number of rotatable bonds is 6. The lowest BCUT2D eigenvalue weighted by molar-refractivity contribution is -0.389. The van der Waals surface area contributed by atoms with Crippen molar-refractivity contribution in [1.82, 2.24) is 4.98 Å². The lowest BCUT2D eigenvalue weighted by atomic mass is 10.1. The van der Waals surface area contributed by atoms with Gasteiger partial charge in [0, 0.05) is 24.2 Å². The van der Waals surface area contributed by atoms with Crippen LogP contribution in [0.5, 0.6) is 5.75 Å². The van der Waals surface area contributed by atoms with E-state index < -0.39 is 22.8 Å². The molecule has 1 atom stereocenters. The Kier molecular flexibility index (Phi) is 5.53. The highest BCUT2D eigenvalue weighted by molar-refractivity contribution is 6.08. The average molecular weight is 398 g/mol. The molecule has 1 aliphatic heterocycles. The van der Waals surface area contributed by atoms with Crippen molar-refractivity contribution in [1.29, 1.82) is 0 Å². The van der Waals surface area contributed by atoms with Gasteiger partial charge in [-0.1, -0.05) is 6.92 Å². The first kappa shape index (κ1) is 19.9. The first-order valence-corrected chi connectivity index (χ1v) is 8.84. The Morgan fingerprint density at radius 1 is 1.24 bits per heavy atom. The first-order valence-electron chi connectivity index (χ1n) is 8.84. The van der Waals surface area contributed by atoms with Crippen molar-refractivity contribution in [2.75, 3.05) is 16.8 Å². The molecule has 10 nitrogen and oxygen atoms in total. The molecule has 10 heteroatoms. The molecule has 29 heavy (non-hydrogen) atoms. The molecule has 0 saturated heterocycles. The molecule has 0 radical (unpaired) electrons. The fourth-order valence-electron chi connectivity index (χ4n) is 2.88. The summed E-state index contributed by atoms with van der Waals surface area (Å²) in [5.41, 5.74) is 0.851. The first-order chi connectivity index (χ1) is 13.8. The van der Waals surface area contributed by atoms with Crippen molar-refractivity contribution in [3.8, 4) is 5.75 Å². The topological polar surface area (TPSA) is 132 Å². The standard InChI is InChI=1S/C19H18N4O6/c1-3-15-19(26)22(18-16(29-15)8-9-17(21-18)23(27)28)10-14(25)12-4-6-13(7-5-12)20-11(2)24/h4-9,15H,3,10H2,1-2H3,(H,20,24). The second-order valence-electron chi connectivity index (χ2n) is 6.37. The SMILES string of the molecule is CCC1Oc2ccc([N+](=O)[O-])nc2N(CC(=O)c2ccc(NC(C)=O)cc2)C1=O. The van der Waals surface area contributed by atoms with Crippen LogP contribution in [0.2, 0.25) is 0 Å². The van der Waals surface area contributed by atoms with Gasteiger partial charge in [-0.15, -0.1) is 0 Å². The summed E-state index contributed by atoms with van der Waals surface area (Å²) in [4.78, 5) is 51.9. The third kappa shape index (κ3) is 4.21. The molecule has 0 aliphatic carbocycles. The van der Waals surface area contributed by atoms with Crippen molar-refractivity contribution in [2.45, 2.75) is 26.4 Å². The second kappa shape index (κ2) is 8.05. The number of nitrogens with zero attached hydrogens (tertiary/aromatic N) is 3. The highest BCUT2D eigenvalue weighted by atomic mass is 16.6. The van der Waals surface area contributed by atoms with Crippen LogP contribution in [0.1, 0.15) is 30.6 Å². The van der Waals surface area contributed by atoms with Crippen LogP contribution in [0.15, 0.2) is 36.4 Å². The largest absolute Gasteiger partial charge is 0.474 e. The van der Waals surface area contributed by atoms with Gasteiger partial charge in [0.05, 0.1) is 6.54 Å². The van der Waals surface area contributed by atoms with E-state index in [1.807, 2.05) is 0 Å². The van der Waals surface area contributed by atoms with Crippen LogP contribution in [0.4, 0.5) is 17.3 Å². The zero-order valence-corrected chi connectivity index (χ0v) is 15.7. The maximum Gasteiger partial charge on any atom is 0.366 e. The molecular weight excluding hydrogens is 380 g/mol. The van der Waals surface area contributed by atoms with Gasteiger partial charge < -0.3 is 20.2 Å². The molecule has 3 rings (SSSR count). The summed E-state index contributed by atoms with van der Waals surface area (Å²) in [5, 5.41) is 13.6. The van der Waals surface area contributed by atoms with Gasteiger partial charge in [0.25, 0.3) is 11.7 Å². The maximum atomic E-state index is 12.7. The molecule has 2 amide bonds. The molecule has 150 valence electrons. The number of anilines is 2. The molecular formula is C19H18N4O6. The number of Topliss-reactive ketones (excluding diaryl/α,β-unsaturated/α-hetero) is 1. The van der Waals surface area contributed by atoms with Crippen molar-refractivity contribution in [2.24, 2.45) is 0 Å². The summed E-state index contributed by atoms with van der Waals surface area (Å²) in [6.07, 6.45) is -0.438. The van der Waals surface area contributed by atoms with Crippen LogP contribution in [-0.4, -0.2) is 40.2 Å². The predicted octanol–water partition coefficient (Wildman–Crippen LogP) is 2.34. The number of hydrogen-bond donors (Lipinski definition) is 1. The predicted molar refractivity (Wildman–Crippen MR) is 103 cm³/mol. The second-order valence-corrected chi connectivity index (χ2v) is 6.37. The van der Waals surface area contributed by atoms with Gasteiger partial charge in [-0.05, 0) is 46.7 Å². The maximum absolute atomic E-state index is 12.7. The van der Waals surface area contributed by atoms with E-state index in [4.69, 9.17) is 4.74 Å². The number of fused-ring (bicyclic) bond motifs is 1. The van der Waals surface area contributed by atoms with Gasteiger partial charge >= 0.3 is 5.82 Å². The van der Waals surface area contributed by atoms with E-state index in [2.05, 4.69) is 10.3 Å². The van der Waals surface area contributed by atoms with Gasteiger partial charge in [0.15, 0.2) is 17.6 Å². The Labute approximate surface area is 165 Å². The van der Waals surface area contributed by atoms with Gasteiger partial charge in [0.2, 0.25) is 5.91 Å². The third-order valence-electron chi connectivity index (χ3n) is 4.28. The van der Waals surface area contributed by atoms with E-state index in [-0.39, 0.29) is 29.8 Å². The van der Waals surface area contributed by atoms with Crippen LogP contribution in [0, 0.1) is 10.1 Å². The summed E-state index contributed by atoms with van der Waals surface area (Å²) < 4.78 is 5.57. The smallest absolute Gasteiger partial charge is 0.366 e. The number of nitrogens with one attached hydrogen (secondary N) is 1. The molecule has 1 unspecified atom stereocenters. The number of ketones is 1. The fourth-order valence-corrected chi connectivity index (χ4v) is 2.88. The lowest BCUT2D eigenvalue weighted by Crippen LogP contribution is -2.48. The summed E-state index contributed by atoms with van der Waals surface area (Å²) >= 11 is 0. The molecule has 0 spiro atoms. The molecule has 2 aromatic rings. The summed E-state index contributed by atoms with van der Waals surface area (Å²) in [7, 11) is 0. The molecule has 1 N–H and O–H groups in total. The Morgan fingerprint density at radius 2 is 1.93 bits per heavy atom. The number of hydrogen-bond acceptors (Lipinski definition) is 7. The van der Waals surface area contributed by atoms with Crippen molar-refractivity contribution >= 4 is 34.9 Å². The van der Waals surface area contributed by atoms with Gasteiger partial charge in [-0.25, -0.2) is 0 Å². The van der Waals surface area contributed by atoms with Crippen molar-refractivity contribution in [3.05, 3.63) is 52.1 Å². The zero-order valence-electron chi connectivity index (χ0n) is 15.7. The number of carbonyl (C=O) groups excluding carboxylic acids is 3. The lowest BCUT2D eigenvalue weighted by Gasteiger charge is -2.30. The Bertz CT molecular complexity index is 989. The number of aromatic nitrogens is 1. The van der Waals surface area contributed by atoms with Crippen LogP contribution < -0.4 is 15.0 Å². The molecule has 2 heterocycles. The molecule has 0 bridgehead atoms. The number of carbonyl (C=O) groups is 3. The van der Waals surface area contributed by atoms with E-state index in [1.54, 1.807) is 19.1 Å². The number of pyridine rings is 1. The van der Waals surface area contributed by atoms with Crippen LogP contribution in [-0.2, 0) is 9.59 Å². The van der Waals surface area contributed by atoms with Gasteiger partial charge in [0.1, 0.15) is 0 Å². The number of nitro groups is 1. The summed E-state index contributed by atoms with van der Waals surface area (Å²) in [5.74, 6) is -1.42. The average Bonchev–Trinajstić information content (AvgIpc) is 2.69. The number of amides is 2. The Balaban J connectivity index is 1.89. The van der Waals surface area contributed by atoms with E-state index in [9.17, 15) is 24.5 Å². The molecule has 0 fully saturated rings. The molecule has 1 aromatic heterocycles. The van der Waals surface area contributed by atoms with E-state index in [0.717, 1.165) is 4.90 Å². The van der Waals surface area contributed by atoms with Gasteiger partial charge in [-0.3, -0.25) is 19.3 Å². The minimum Gasteiger partial charge on any atom is -0.474 e. The number of benzene rings is 1. The van der Waals surface area contributed by atoms with Crippen LogP contribution in [0.3, 0.4) is 0 Å². The quantitative estimate of drug-likeness (QED) is 0.449. The number of ether oxygens (including phenoxy) is 1. The van der Waals surface area contributed by atoms with E-state index in [0.29, 0.717) is 17.7 Å². The molecule has 0 saturated carbocycles. The van der Waals surface area contributed by atoms with E-state index >= 15 is 0 Å². The van der Waals surface area contributed by atoms with Crippen molar-refractivity contribution < 1.29 is 24.0 Å². The van der Waals surface area contributed by atoms with Gasteiger partial charge in [-0.2, -0.15) is 0 Å². The highest BCUT2D eigenvalue weighted by Gasteiger charge is 2.39. The summed E-state index contributed by atoms with van der Waals surface area (Å²) in [6.45, 7) is 2.78. The third-order valence-corrected chi connectivity index (χ3v) is 4.28.